The highest BCUT2D eigenvalue weighted by molar-refractivity contribution is 5.94. The first-order valence-electron chi connectivity index (χ1n) is 9.56. The summed E-state index contributed by atoms with van der Waals surface area (Å²) >= 11 is 0. The molecule has 13 heteroatoms. The molecule has 0 aliphatic carbocycles. The van der Waals surface area contributed by atoms with Crippen molar-refractivity contribution in [3.63, 3.8) is 0 Å². The van der Waals surface area contributed by atoms with Crippen LogP contribution in [0.1, 0.15) is 10.4 Å². The highest BCUT2D eigenvalue weighted by Crippen LogP contribution is 2.29. The molecular weight excluding hydrogens is 449 g/mol. The zero-order valence-corrected chi connectivity index (χ0v) is 16.6. The normalized spacial score (nSPS) is 15.4. The van der Waals surface area contributed by atoms with Crippen LogP contribution in [0.2, 0.25) is 0 Å². The van der Waals surface area contributed by atoms with Gasteiger partial charge in [0.25, 0.3) is 0 Å². The smallest absolute Gasteiger partial charge is 0.459 e. The zero-order valence-electron chi connectivity index (χ0n) is 16.6. The molecule has 0 saturated carbocycles. The van der Waals surface area contributed by atoms with Crippen molar-refractivity contribution in [2.75, 3.05) is 25.1 Å². The summed E-state index contributed by atoms with van der Waals surface area (Å²) in [6.07, 6.45) is -4.82. The second-order valence-corrected chi connectivity index (χ2v) is 7.43. The minimum Gasteiger partial charge on any atom is -0.459 e. The average molecular weight is 464 g/mol. The molecule has 2 aromatic heterocycles. The molecule has 0 amide bonds. The largest absolute Gasteiger partial charge is 0.573 e. The van der Waals surface area contributed by atoms with Gasteiger partial charge in [-0.25, -0.2) is 9.78 Å². The highest BCUT2D eigenvalue weighted by atomic mass is 19.4. The number of imidazole rings is 1. The minimum atomic E-state index is -4.82. The van der Waals surface area contributed by atoms with Crippen LogP contribution < -0.4 is 10.1 Å². The van der Waals surface area contributed by atoms with Crippen molar-refractivity contribution in [2.24, 2.45) is 0 Å². The molecule has 172 valence electrons. The van der Waals surface area contributed by atoms with Gasteiger partial charge in [-0.2, -0.15) is 4.98 Å². The van der Waals surface area contributed by atoms with Gasteiger partial charge in [-0.15, -0.1) is 13.2 Å². The van der Waals surface area contributed by atoms with Gasteiger partial charge in [0, 0.05) is 6.07 Å². The number of halogens is 3. The SMILES string of the molecule is O=C(OCC1(O)COC1)c1ccc2[nH]c(Nc3nc4ccc(OC(F)(F)F)cc4o3)nc2c1. The fraction of sp³-hybridized carbons (Fsp3) is 0.250. The number of carbonyl (C=O) groups excluding carboxylic acids is 1. The molecule has 0 bridgehead atoms. The molecule has 3 heterocycles. The molecule has 1 aliphatic rings. The fourth-order valence-corrected chi connectivity index (χ4v) is 3.15. The Labute approximate surface area is 182 Å². The highest BCUT2D eigenvalue weighted by Gasteiger charge is 2.37. The molecule has 3 N–H and O–H groups in total. The van der Waals surface area contributed by atoms with E-state index >= 15 is 0 Å². The number of aromatic amines is 1. The number of H-pyrrole nitrogens is 1. The summed E-state index contributed by atoms with van der Waals surface area (Å²) in [6.45, 7) is 0.0467. The van der Waals surface area contributed by atoms with Gasteiger partial charge >= 0.3 is 18.3 Å². The first-order chi connectivity index (χ1) is 15.7. The lowest BCUT2D eigenvalue weighted by atomic mass is 10.0. The predicted octanol–water partition coefficient (Wildman–Crippen LogP) is 3.26. The lowest BCUT2D eigenvalue weighted by Crippen LogP contribution is -2.53. The van der Waals surface area contributed by atoms with E-state index in [-0.39, 0.29) is 42.9 Å². The van der Waals surface area contributed by atoms with E-state index in [1.165, 1.54) is 18.2 Å². The quantitative estimate of drug-likeness (QED) is 0.368. The Bertz CT molecular complexity index is 1340. The van der Waals surface area contributed by atoms with Crippen LogP contribution in [0.15, 0.2) is 40.8 Å². The van der Waals surface area contributed by atoms with Crippen molar-refractivity contribution in [1.82, 2.24) is 15.0 Å². The second-order valence-electron chi connectivity index (χ2n) is 7.43. The maximum atomic E-state index is 12.4. The molecule has 2 aromatic carbocycles. The Balaban J connectivity index is 1.30. The van der Waals surface area contributed by atoms with Crippen LogP contribution >= 0.6 is 0 Å². The molecule has 0 atom stereocenters. The number of aliphatic hydroxyl groups is 1. The molecule has 1 saturated heterocycles. The van der Waals surface area contributed by atoms with E-state index in [0.717, 1.165) is 12.1 Å². The van der Waals surface area contributed by atoms with E-state index in [2.05, 4.69) is 25.0 Å². The van der Waals surface area contributed by atoms with Crippen LogP contribution in [-0.4, -0.2) is 57.8 Å². The van der Waals surface area contributed by atoms with Crippen LogP contribution in [0, 0.1) is 0 Å². The number of nitrogens with one attached hydrogen (secondary N) is 2. The first-order valence-corrected chi connectivity index (χ1v) is 9.56. The molecule has 5 rings (SSSR count). The number of nitrogens with zero attached hydrogens (tertiary/aromatic N) is 2. The van der Waals surface area contributed by atoms with E-state index in [1.807, 2.05) is 0 Å². The molecule has 33 heavy (non-hydrogen) atoms. The Hall–Kier alpha value is -3.84. The van der Waals surface area contributed by atoms with Crippen molar-refractivity contribution in [3.05, 3.63) is 42.0 Å². The topological polar surface area (TPSA) is 132 Å². The number of fused-ring (bicyclic) bond motifs is 2. The lowest BCUT2D eigenvalue weighted by Gasteiger charge is -2.35. The molecule has 4 aromatic rings. The van der Waals surface area contributed by atoms with Crippen LogP contribution in [0.3, 0.4) is 0 Å². The predicted molar refractivity (Wildman–Crippen MR) is 106 cm³/mol. The minimum absolute atomic E-state index is 0.0104. The molecule has 1 aliphatic heterocycles. The third-order valence-corrected chi connectivity index (χ3v) is 4.75. The van der Waals surface area contributed by atoms with Crippen molar-refractivity contribution in [2.45, 2.75) is 12.0 Å². The van der Waals surface area contributed by atoms with Crippen LogP contribution in [0.5, 0.6) is 5.75 Å². The maximum Gasteiger partial charge on any atom is 0.573 e. The number of alkyl halides is 3. The van der Waals surface area contributed by atoms with Crippen molar-refractivity contribution >= 4 is 40.1 Å². The standard InChI is InChI=1S/C20H15F3N4O6/c21-20(22,23)33-11-2-4-13-15(6-11)32-18(26-13)27-17-24-12-3-1-10(5-14(12)25-17)16(28)31-9-19(29)7-30-8-19/h1-6,29H,7-9H2,(H2,24,25,26,27). The molecule has 0 spiro atoms. The monoisotopic (exact) mass is 464 g/mol. The summed E-state index contributed by atoms with van der Waals surface area (Å²) in [5, 5.41) is 12.7. The number of hydrogen-bond acceptors (Lipinski definition) is 9. The van der Waals surface area contributed by atoms with E-state index in [9.17, 15) is 23.1 Å². The third kappa shape index (κ3) is 4.54. The van der Waals surface area contributed by atoms with Gasteiger partial charge in [0.05, 0.1) is 29.8 Å². The van der Waals surface area contributed by atoms with Gasteiger partial charge in [-0.1, -0.05) is 0 Å². The van der Waals surface area contributed by atoms with Gasteiger partial charge in [-0.3, -0.25) is 5.32 Å². The average Bonchev–Trinajstić information content (AvgIpc) is 3.31. The number of anilines is 2. The lowest BCUT2D eigenvalue weighted by molar-refractivity contribution is -0.274. The van der Waals surface area contributed by atoms with Gasteiger partial charge in [-0.05, 0) is 30.3 Å². The third-order valence-electron chi connectivity index (χ3n) is 4.75. The summed E-state index contributed by atoms with van der Waals surface area (Å²) in [5.74, 6) is -0.821. The van der Waals surface area contributed by atoms with E-state index < -0.39 is 23.7 Å². The Kier molecular flexibility index (Phi) is 4.87. The van der Waals surface area contributed by atoms with Crippen molar-refractivity contribution < 1.29 is 41.7 Å². The number of carbonyl (C=O) groups is 1. The molecule has 10 nitrogen and oxygen atoms in total. The number of oxazole rings is 1. The fourth-order valence-electron chi connectivity index (χ4n) is 3.15. The number of benzene rings is 2. The molecular formula is C20H15F3N4O6. The van der Waals surface area contributed by atoms with Gasteiger partial charge in [0.2, 0.25) is 5.95 Å². The van der Waals surface area contributed by atoms with E-state index in [1.54, 1.807) is 6.07 Å². The van der Waals surface area contributed by atoms with Gasteiger partial charge in [0.1, 0.15) is 23.5 Å². The maximum absolute atomic E-state index is 12.4. The number of ether oxygens (including phenoxy) is 3. The van der Waals surface area contributed by atoms with Gasteiger partial charge in [0.15, 0.2) is 5.58 Å². The first kappa shape index (κ1) is 21.0. The van der Waals surface area contributed by atoms with Crippen LogP contribution in [0.25, 0.3) is 22.1 Å². The number of esters is 1. The Morgan fingerprint density at radius 1 is 1.18 bits per heavy atom. The van der Waals surface area contributed by atoms with Crippen LogP contribution in [-0.2, 0) is 9.47 Å². The Morgan fingerprint density at radius 2 is 2.00 bits per heavy atom. The molecule has 0 unspecified atom stereocenters. The number of hydrogen-bond donors (Lipinski definition) is 3. The summed E-state index contributed by atoms with van der Waals surface area (Å²) in [5.41, 5.74) is 0.517. The molecule has 1 fully saturated rings. The molecule has 0 radical (unpaired) electrons. The summed E-state index contributed by atoms with van der Waals surface area (Å²) in [6, 6.07) is 8.18. The second kappa shape index (κ2) is 7.64. The number of rotatable bonds is 6. The summed E-state index contributed by atoms with van der Waals surface area (Å²) in [4.78, 5) is 23.7. The van der Waals surface area contributed by atoms with E-state index in [0.29, 0.717) is 16.6 Å². The summed E-state index contributed by atoms with van der Waals surface area (Å²) in [7, 11) is 0. The zero-order chi connectivity index (χ0) is 23.2. The van der Waals surface area contributed by atoms with Crippen LogP contribution in [0.4, 0.5) is 25.1 Å². The van der Waals surface area contributed by atoms with Crippen molar-refractivity contribution in [1.29, 1.82) is 0 Å². The summed E-state index contributed by atoms with van der Waals surface area (Å²) < 4.78 is 56.5. The number of aromatic nitrogens is 3. The van der Waals surface area contributed by atoms with Crippen molar-refractivity contribution in [3.8, 4) is 5.75 Å². The van der Waals surface area contributed by atoms with E-state index in [4.69, 9.17) is 13.9 Å². The Morgan fingerprint density at radius 3 is 2.73 bits per heavy atom. The van der Waals surface area contributed by atoms with Gasteiger partial charge < -0.3 is 28.7 Å².